The Bertz CT molecular complexity index is 3730. The minimum absolute atomic E-state index is 0. The van der Waals surface area contributed by atoms with Gasteiger partial charge in [-0.1, -0.05) is 12.1 Å². The van der Waals surface area contributed by atoms with E-state index >= 15 is 0 Å². The van der Waals surface area contributed by atoms with E-state index in [-0.39, 0.29) is 34.2 Å². The van der Waals surface area contributed by atoms with E-state index in [0.29, 0.717) is 81.7 Å². The first-order chi connectivity index (χ1) is 39.4. The van der Waals surface area contributed by atoms with E-state index in [2.05, 4.69) is 111 Å². The van der Waals surface area contributed by atoms with Crippen LogP contribution in [-0.2, 0) is 39.0 Å². The molecule has 8 aromatic heterocycles. The summed E-state index contributed by atoms with van der Waals surface area (Å²) >= 11 is 2.15. The lowest BCUT2D eigenvalue weighted by atomic mass is 10.0. The zero-order valence-corrected chi connectivity index (χ0v) is 48.2. The molecular weight excluding hydrogens is 1130 g/mol. The number of alkyl halides is 6. The normalized spacial score (nSPS) is 17.3. The number of aromatic amines is 2. The zero-order chi connectivity index (χ0) is 57.5. The second-order valence-electron chi connectivity index (χ2n) is 21.4. The van der Waals surface area contributed by atoms with Crippen molar-refractivity contribution < 1.29 is 26.3 Å². The van der Waals surface area contributed by atoms with Gasteiger partial charge in [-0.15, -0.1) is 35.1 Å². The lowest BCUT2D eigenvalue weighted by Crippen LogP contribution is -2.33. The van der Waals surface area contributed by atoms with E-state index < -0.39 is 25.2 Å². The molecule has 25 heteroatoms. The number of thiophene rings is 2. The number of halogens is 7. The predicted octanol–water partition coefficient (Wildman–Crippen LogP) is 12.1. The van der Waals surface area contributed by atoms with Crippen LogP contribution in [0.5, 0.6) is 0 Å². The Labute approximate surface area is 488 Å². The number of aryl methyl sites for hydroxylation is 2. The summed E-state index contributed by atoms with van der Waals surface area (Å²) in [6.07, 6.45) is 5.38. The van der Waals surface area contributed by atoms with Crippen molar-refractivity contribution in [1.29, 1.82) is 10.5 Å². The highest BCUT2D eigenvalue weighted by Crippen LogP contribution is 2.39. The molecule has 0 radical (unpaired) electrons. The molecule has 0 unspecified atom stereocenters. The Morgan fingerprint density at radius 2 is 1.04 bits per heavy atom. The van der Waals surface area contributed by atoms with Gasteiger partial charge in [-0.3, -0.25) is 10.2 Å². The number of nitrogens with zero attached hydrogens (tertiary/aromatic N) is 12. The minimum Gasteiger partial charge on any atom is -0.356 e. The van der Waals surface area contributed by atoms with Crippen LogP contribution >= 0.6 is 35.1 Å². The van der Waals surface area contributed by atoms with Crippen LogP contribution in [-0.4, -0.2) is 100 Å². The smallest absolute Gasteiger partial charge is 0.356 e. The molecule has 2 aliphatic rings. The Balaban J connectivity index is 0.000000183. The van der Waals surface area contributed by atoms with E-state index in [0.717, 1.165) is 105 Å². The monoisotopic (exact) mass is 1190 g/mol. The molecule has 2 fully saturated rings. The van der Waals surface area contributed by atoms with E-state index in [1.807, 2.05) is 47.8 Å². The summed E-state index contributed by atoms with van der Waals surface area (Å²) in [5.41, 5.74) is 9.97. The highest BCUT2D eigenvalue weighted by molar-refractivity contribution is 7.19. The topological polar surface area (TPSA) is 197 Å². The third kappa shape index (κ3) is 12.8. The largest absolute Gasteiger partial charge is 0.393 e. The Hall–Kier alpha value is -7.61. The van der Waals surface area contributed by atoms with Crippen LogP contribution in [0, 0.1) is 36.5 Å². The van der Waals surface area contributed by atoms with Gasteiger partial charge in [0.15, 0.2) is 0 Å². The van der Waals surface area contributed by atoms with Crippen LogP contribution in [0.2, 0.25) is 0 Å². The average Bonchev–Trinajstić information content (AvgIpc) is 4.13. The summed E-state index contributed by atoms with van der Waals surface area (Å²) in [4.78, 5) is 23.2. The second-order valence-corrected chi connectivity index (χ2v) is 23.6. The van der Waals surface area contributed by atoms with Crippen molar-refractivity contribution in [2.75, 3.05) is 23.9 Å². The molecule has 16 nitrogen and oxygen atoms in total. The maximum atomic E-state index is 13.0. The summed E-state index contributed by atoms with van der Waals surface area (Å²) in [5.74, 6) is 1.36. The molecule has 0 spiro atoms. The molecular formula is C58H59ClF6N16S2. The van der Waals surface area contributed by atoms with Gasteiger partial charge in [-0.25, -0.2) is 19.9 Å². The van der Waals surface area contributed by atoms with Crippen LogP contribution < -0.4 is 20.4 Å². The van der Waals surface area contributed by atoms with Gasteiger partial charge in [0.2, 0.25) is 0 Å². The third-order valence-electron chi connectivity index (χ3n) is 16.2. The van der Waals surface area contributed by atoms with Crippen molar-refractivity contribution in [3.63, 3.8) is 0 Å². The summed E-state index contributed by atoms with van der Waals surface area (Å²) in [5, 5.41) is 44.1. The van der Waals surface area contributed by atoms with Crippen molar-refractivity contribution in [2.24, 2.45) is 0 Å². The van der Waals surface area contributed by atoms with Crippen molar-refractivity contribution in [2.45, 2.75) is 128 Å². The van der Waals surface area contributed by atoms with Gasteiger partial charge >= 0.3 is 12.4 Å². The number of hydrogen-bond donors (Lipinski definition) is 4. The van der Waals surface area contributed by atoms with Gasteiger partial charge in [-0.2, -0.15) is 47.1 Å². The van der Waals surface area contributed by atoms with Crippen LogP contribution in [0.3, 0.4) is 0 Å². The second kappa shape index (κ2) is 24.3. The van der Waals surface area contributed by atoms with Crippen LogP contribution in [0.1, 0.15) is 93.0 Å². The zero-order valence-electron chi connectivity index (χ0n) is 45.7. The highest BCUT2D eigenvalue weighted by Gasteiger charge is 2.34. The summed E-state index contributed by atoms with van der Waals surface area (Å²) in [6.45, 7) is 6.76. The standard InChI is InChI=1S/2C29H29F3N8S.ClH/c2*1-17-19(3-6-26-24(17)8-22(11-33)40(26)15-18-12-37-38-13-18)14-34-20-4-5-21(7-20)39(2)27-25-9-23(10-29(30,31)32)41-28(25)36-16-35-27;/h2*3,6,8-9,12-13,16,20-21,34H,4-5,7,10,14-15H2,1-2H3,(H,37,38);1H/t2*20-,21+;/m00./s1. The van der Waals surface area contributed by atoms with E-state index in [9.17, 15) is 36.9 Å². The quantitative estimate of drug-likeness (QED) is 0.0669. The van der Waals surface area contributed by atoms with Crippen LogP contribution in [0.15, 0.2) is 86.0 Å². The molecule has 2 aromatic carbocycles. The summed E-state index contributed by atoms with van der Waals surface area (Å²) < 4.78 is 81.8. The fourth-order valence-electron chi connectivity index (χ4n) is 11.8. The molecule has 12 rings (SSSR count). The first kappa shape index (κ1) is 58.6. The number of anilines is 2. The number of rotatable bonds is 16. The van der Waals surface area contributed by atoms with Gasteiger partial charge < -0.3 is 29.6 Å². The Kier molecular flexibility index (Phi) is 17.2. The summed E-state index contributed by atoms with van der Waals surface area (Å²) in [6, 6.07) is 21.2. The first-order valence-electron chi connectivity index (χ1n) is 26.9. The fourth-order valence-corrected chi connectivity index (χ4v) is 13.8. The van der Waals surface area contributed by atoms with Crippen molar-refractivity contribution in [1.82, 2.24) is 60.1 Å². The lowest BCUT2D eigenvalue weighted by molar-refractivity contribution is -0.127. The number of nitrogens with one attached hydrogen (secondary N) is 4. The number of hydrogen-bond acceptors (Lipinski definition) is 14. The highest BCUT2D eigenvalue weighted by atomic mass is 35.5. The van der Waals surface area contributed by atoms with Gasteiger partial charge in [0, 0.05) is 106 Å². The summed E-state index contributed by atoms with van der Waals surface area (Å²) in [7, 11) is 3.93. The van der Waals surface area contributed by atoms with E-state index in [1.54, 1.807) is 24.5 Å². The van der Waals surface area contributed by atoms with Crippen molar-refractivity contribution in [3.8, 4) is 12.1 Å². The molecule has 0 aliphatic heterocycles. The molecule has 8 heterocycles. The average molecular weight is 1190 g/mol. The van der Waals surface area contributed by atoms with Gasteiger partial charge in [0.05, 0.1) is 49.1 Å². The molecule has 2 aliphatic carbocycles. The van der Waals surface area contributed by atoms with Gasteiger partial charge in [-0.05, 0) is 111 Å². The van der Waals surface area contributed by atoms with Crippen molar-refractivity contribution >= 4 is 89.0 Å². The molecule has 0 amide bonds. The molecule has 4 N–H and O–H groups in total. The molecule has 83 heavy (non-hydrogen) atoms. The molecule has 0 saturated heterocycles. The fraction of sp³-hybridized carbons (Fsp3) is 0.379. The maximum absolute atomic E-state index is 13.0. The molecule has 4 atom stereocenters. The number of benzene rings is 2. The Morgan fingerprint density at radius 1 is 0.614 bits per heavy atom. The van der Waals surface area contributed by atoms with E-state index in [4.69, 9.17) is 0 Å². The minimum atomic E-state index is -4.25. The maximum Gasteiger partial charge on any atom is 0.393 e. The number of H-pyrrole nitrogens is 2. The van der Waals surface area contributed by atoms with Gasteiger partial charge in [0.1, 0.15) is 57.5 Å². The van der Waals surface area contributed by atoms with Crippen molar-refractivity contribution in [3.05, 3.63) is 140 Å². The van der Waals surface area contributed by atoms with Crippen LogP contribution in [0.4, 0.5) is 38.0 Å². The first-order valence-corrected chi connectivity index (χ1v) is 28.5. The predicted molar refractivity (Wildman–Crippen MR) is 313 cm³/mol. The molecule has 432 valence electrons. The lowest BCUT2D eigenvalue weighted by Gasteiger charge is -2.26. The molecule has 2 saturated carbocycles. The third-order valence-corrected chi connectivity index (χ3v) is 18.2. The SMILES string of the molecule is Cc1c(CN[C@H]2CC[C@@H](N(C)c3ncnc4sc(CC(F)(F)F)cc34)C2)ccc2c1cc(C#N)n2Cc1cn[nH]c1.Cc1c(CN[C@H]2CC[C@@H](N(C)c3ncnc4sc(CC(F)(F)F)cc34)C2)ccc2c1cc(C#N)n2Cc1cn[nH]c1.Cl. The van der Waals surface area contributed by atoms with Gasteiger partial charge in [0.25, 0.3) is 0 Å². The number of fused-ring (bicyclic) bond motifs is 4. The molecule has 0 bridgehead atoms. The van der Waals surface area contributed by atoms with E-state index in [1.165, 1.54) is 23.8 Å². The molecule has 10 aromatic rings. The van der Waals surface area contributed by atoms with Crippen LogP contribution in [0.25, 0.3) is 42.2 Å². The number of aromatic nitrogens is 10. The Morgan fingerprint density at radius 3 is 1.41 bits per heavy atom. The number of nitriles is 2.